The number of nitriles is 1. The number of nitrogens with zero attached hydrogens (tertiary/aromatic N) is 1. The molecule has 0 aliphatic heterocycles. The number of nitrogens with one attached hydrogen (secondary N) is 1. The summed E-state index contributed by atoms with van der Waals surface area (Å²) in [6.07, 6.45) is 1.51. The molecule has 0 radical (unpaired) electrons. The van der Waals surface area contributed by atoms with E-state index in [1.165, 1.54) is 13.2 Å². The van der Waals surface area contributed by atoms with Crippen LogP contribution in [0.3, 0.4) is 0 Å². The third-order valence-corrected chi connectivity index (χ3v) is 5.66. The highest BCUT2D eigenvalue weighted by atomic mass is 127. The molecule has 0 unspecified atom stereocenters. The molecule has 174 valence electrons. The van der Waals surface area contributed by atoms with Crippen LogP contribution < -0.4 is 19.5 Å². The van der Waals surface area contributed by atoms with Crippen LogP contribution in [0.2, 0.25) is 5.02 Å². The van der Waals surface area contributed by atoms with Crippen molar-refractivity contribution in [3.8, 4) is 23.3 Å². The van der Waals surface area contributed by atoms with Gasteiger partial charge in [0, 0.05) is 10.7 Å². The lowest BCUT2D eigenvalue weighted by molar-refractivity contribution is -0.112. The number of anilines is 1. The van der Waals surface area contributed by atoms with Crippen molar-refractivity contribution in [2.45, 2.75) is 13.5 Å². The van der Waals surface area contributed by atoms with Crippen LogP contribution in [0.4, 0.5) is 5.69 Å². The molecule has 0 aliphatic carbocycles. The van der Waals surface area contributed by atoms with Crippen LogP contribution in [0.25, 0.3) is 6.08 Å². The van der Waals surface area contributed by atoms with E-state index < -0.39 is 5.91 Å². The summed E-state index contributed by atoms with van der Waals surface area (Å²) in [7, 11) is 1.54. The van der Waals surface area contributed by atoms with Crippen LogP contribution in [0.15, 0.2) is 66.2 Å². The number of ether oxygens (including phenoxy) is 3. The van der Waals surface area contributed by atoms with Crippen LogP contribution in [-0.4, -0.2) is 19.6 Å². The summed E-state index contributed by atoms with van der Waals surface area (Å²) in [4.78, 5) is 12.7. The number of rotatable bonds is 9. The van der Waals surface area contributed by atoms with E-state index in [0.29, 0.717) is 46.7 Å². The van der Waals surface area contributed by atoms with Crippen molar-refractivity contribution in [3.63, 3.8) is 0 Å². The average Bonchev–Trinajstić information content (AvgIpc) is 2.83. The number of halogens is 2. The molecule has 0 atom stereocenters. The zero-order valence-corrected chi connectivity index (χ0v) is 21.5. The standard InChI is InChI=1S/C26H22ClIN2O4/c1-3-33-22-9-7-21(8-10-22)30-26(31)19(15-29)11-18-13-23(28)25(24(14-18)32-2)34-16-17-5-4-6-20(27)12-17/h4-14H,3,16H2,1-2H3,(H,30,31)/b19-11+. The van der Waals surface area contributed by atoms with Gasteiger partial charge in [0.2, 0.25) is 0 Å². The van der Waals surface area contributed by atoms with Gasteiger partial charge in [-0.1, -0.05) is 23.7 Å². The van der Waals surface area contributed by atoms with E-state index in [1.54, 1.807) is 36.4 Å². The second-order valence-electron chi connectivity index (χ2n) is 7.03. The fraction of sp³-hybridized carbons (Fsp3) is 0.154. The quantitative estimate of drug-likeness (QED) is 0.176. The van der Waals surface area contributed by atoms with E-state index in [2.05, 4.69) is 27.9 Å². The number of carbonyl (C=O) groups is 1. The Morgan fingerprint density at radius 2 is 1.91 bits per heavy atom. The van der Waals surface area contributed by atoms with Gasteiger partial charge in [0.1, 0.15) is 24.0 Å². The Kier molecular flexibility index (Phi) is 9.19. The lowest BCUT2D eigenvalue weighted by Crippen LogP contribution is -2.13. The first-order chi connectivity index (χ1) is 16.4. The fourth-order valence-corrected chi connectivity index (χ4v) is 4.05. The van der Waals surface area contributed by atoms with Crippen molar-refractivity contribution in [1.82, 2.24) is 0 Å². The van der Waals surface area contributed by atoms with Gasteiger partial charge in [0.15, 0.2) is 11.5 Å². The third kappa shape index (κ3) is 6.89. The van der Waals surface area contributed by atoms with E-state index in [9.17, 15) is 10.1 Å². The molecule has 0 spiro atoms. The molecular formula is C26H22ClIN2O4. The topological polar surface area (TPSA) is 80.6 Å². The number of carbonyl (C=O) groups excluding carboxylic acids is 1. The number of benzene rings is 3. The molecule has 3 rings (SSSR count). The summed E-state index contributed by atoms with van der Waals surface area (Å²) in [5.74, 6) is 1.25. The SMILES string of the molecule is CCOc1ccc(NC(=O)/C(C#N)=C/c2cc(I)c(OCc3cccc(Cl)c3)c(OC)c2)cc1. The molecule has 3 aromatic rings. The predicted octanol–water partition coefficient (Wildman–Crippen LogP) is 6.48. The normalized spacial score (nSPS) is 10.9. The molecule has 0 fully saturated rings. The molecule has 0 aromatic heterocycles. The Labute approximate surface area is 217 Å². The maximum absolute atomic E-state index is 12.7. The molecule has 0 heterocycles. The largest absolute Gasteiger partial charge is 0.494 e. The zero-order chi connectivity index (χ0) is 24.5. The first-order valence-electron chi connectivity index (χ1n) is 10.3. The third-order valence-electron chi connectivity index (χ3n) is 4.62. The minimum absolute atomic E-state index is 0.0423. The smallest absolute Gasteiger partial charge is 0.266 e. The fourth-order valence-electron chi connectivity index (χ4n) is 3.06. The van der Waals surface area contributed by atoms with E-state index in [1.807, 2.05) is 37.3 Å². The minimum atomic E-state index is -0.512. The first kappa shape index (κ1) is 25.4. The Morgan fingerprint density at radius 1 is 1.15 bits per heavy atom. The van der Waals surface area contributed by atoms with E-state index in [-0.39, 0.29) is 5.57 Å². The molecule has 6 nitrogen and oxygen atoms in total. The summed E-state index contributed by atoms with van der Waals surface area (Å²) in [5, 5.41) is 12.9. The summed E-state index contributed by atoms with van der Waals surface area (Å²) < 4.78 is 17.6. The summed E-state index contributed by atoms with van der Waals surface area (Å²) in [5.41, 5.74) is 2.08. The number of methoxy groups -OCH3 is 1. The van der Waals surface area contributed by atoms with Crippen molar-refractivity contribution in [2.24, 2.45) is 0 Å². The maximum atomic E-state index is 12.7. The number of hydrogen-bond acceptors (Lipinski definition) is 5. The highest BCUT2D eigenvalue weighted by Gasteiger charge is 2.14. The molecule has 3 aromatic carbocycles. The molecule has 0 saturated heterocycles. The zero-order valence-electron chi connectivity index (χ0n) is 18.6. The number of amides is 1. The van der Waals surface area contributed by atoms with Crippen molar-refractivity contribution in [1.29, 1.82) is 5.26 Å². The Balaban J connectivity index is 1.77. The molecular weight excluding hydrogens is 567 g/mol. The highest BCUT2D eigenvalue weighted by molar-refractivity contribution is 14.1. The molecule has 0 saturated carbocycles. The van der Waals surface area contributed by atoms with Crippen LogP contribution in [0.1, 0.15) is 18.1 Å². The second-order valence-corrected chi connectivity index (χ2v) is 8.63. The van der Waals surface area contributed by atoms with Crippen LogP contribution >= 0.6 is 34.2 Å². The van der Waals surface area contributed by atoms with Crippen molar-refractivity contribution >= 4 is 51.9 Å². The summed E-state index contributed by atoms with van der Waals surface area (Å²) in [6, 6.07) is 19.9. The molecule has 8 heteroatoms. The molecule has 0 bridgehead atoms. The van der Waals surface area contributed by atoms with Gasteiger partial charge in [-0.15, -0.1) is 0 Å². The van der Waals surface area contributed by atoms with Crippen molar-refractivity contribution < 1.29 is 19.0 Å². The van der Waals surface area contributed by atoms with E-state index >= 15 is 0 Å². The average molecular weight is 589 g/mol. The molecule has 0 aliphatic rings. The lowest BCUT2D eigenvalue weighted by atomic mass is 10.1. The number of hydrogen-bond donors (Lipinski definition) is 1. The van der Waals surface area contributed by atoms with Gasteiger partial charge in [-0.25, -0.2) is 0 Å². The Bertz CT molecular complexity index is 1240. The van der Waals surface area contributed by atoms with E-state index in [4.69, 9.17) is 25.8 Å². The summed E-state index contributed by atoms with van der Waals surface area (Å²) >= 11 is 8.18. The van der Waals surface area contributed by atoms with Gasteiger partial charge in [0.05, 0.1) is 17.3 Å². The highest BCUT2D eigenvalue weighted by Crippen LogP contribution is 2.35. The van der Waals surface area contributed by atoms with Gasteiger partial charge in [-0.2, -0.15) is 5.26 Å². The lowest BCUT2D eigenvalue weighted by Gasteiger charge is -2.14. The van der Waals surface area contributed by atoms with Crippen molar-refractivity contribution in [3.05, 3.63) is 86.0 Å². The summed E-state index contributed by atoms with van der Waals surface area (Å²) in [6.45, 7) is 2.77. The maximum Gasteiger partial charge on any atom is 0.266 e. The van der Waals surface area contributed by atoms with Gasteiger partial charge in [-0.05, 0) is 95.2 Å². The van der Waals surface area contributed by atoms with Gasteiger partial charge in [-0.3, -0.25) is 4.79 Å². The van der Waals surface area contributed by atoms with Crippen LogP contribution in [0, 0.1) is 14.9 Å². The monoisotopic (exact) mass is 588 g/mol. The van der Waals surface area contributed by atoms with Gasteiger partial charge in [0.25, 0.3) is 5.91 Å². The molecule has 1 N–H and O–H groups in total. The first-order valence-corrected chi connectivity index (χ1v) is 11.8. The Hall–Kier alpha value is -3.22. The van der Waals surface area contributed by atoms with Crippen LogP contribution in [-0.2, 0) is 11.4 Å². The van der Waals surface area contributed by atoms with Crippen LogP contribution in [0.5, 0.6) is 17.2 Å². The predicted molar refractivity (Wildman–Crippen MR) is 141 cm³/mol. The Morgan fingerprint density at radius 3 is 2.56 bits per heavy atom. The van der Waals surface area contributed by atoms with Crippen molar-refractivity contribution in [2.75, 3.05) is 19.0 Å². The molecule has 34 heavy (non-hydrogen) atoms. The van der Waals surface area contributed by atoms with E-state index in [0.717, 1.165) is 9.13 Å². The molecule has 1 amide bonds. The minimum Gasteiger partial charge on any atom is -0.494 e. The second kappa shape index (κ2) is 12.3. The van der Waals surface area contributed by atoms with Gasteiger partial charge >= 0.3 is 0 Å². The van der Waals surface area contributed by atoms with Gasteiger partial charge < -0.3 is 19.5 Å².